The minimum absolute atomic E-state index is 0.126. The molecular weight excluding hydrogens is 270 g/mol. The highest BCUT2D eigenvalue weighted by molar-refractivity contribution is 6.31. The Morgan fingerprint density at radius 1 is 1.16 bits per heavy atom. The van der Waals surface area contributed by atoms with Crippen LogP contribution in [0.2, 0.25) is 5.02 Å². The van der Waals surface area contributed by atoms with Gasteiger partial charge in [-0.2, -0.15) is 0 Å². The lowest BCUT2D eigenvalue weighted by atomic mass is 10.1. The van der Waals surface area contributed by atoms with Gasteiger partial charge in [0.25, 0.3) is 6.43 Å². The molecule has 5 heteroatoms. The molecule has 0 unspecified atom stereocenters. The Kier molecular flexibility index (Phi) is 3.90. The molecule has 0 aliphatic rings. The lowest BCUT2D eigenvalue weighted by Gasteiger charge is -2.14. The summed E-state index contributed by atoms with van der Waals surface area (Å²) in [5, 5.41) is 3.55. The maximum absolute atomic E-state index is 13.0. The Morgan fingerprint density at radius 3 is 2.58 bits per heavy atom. The van der Waals surface area contributed by atoms with E-state index in [1.807, 2.05) is 6.92 Å². The standard InChI is InChI=1S/C14H13ClF2N2/c1-8-11(15)3-2-4-12(8)19-13-6-5-9(18)7-10(13)14(16)17/h2-7,14,19H,18H2,1H3. The number of nitrogens with two attached hydrogens (primary N) is 1. The van der Waals surface area contributed by atoms with Crippen molar-refractivity contribution in [2.45, 2.75) is 13.3 Å². The lowest BCUT2D eigenvalue weighted by molar-refractivity contribution is 0.152. The summed E-state index contributed by atoms with van der Waals surface area (Å²) in [6, 6.07) is 9.68. The number of nitrogens with one attached hydrogen (secondary N) is 1. The van der Waals surface area contributed by atoms with Crippen molar-refractivity contribution in [3.8, 4) is 0 Å². The Bertz CT molecular complexity index is 600. The van der Waals surface area contributed by atoms with Crippen LogP contribution in [0.5, 0.6) is 0 Å². The number of hydrogen-bond acceptors (Lipinski definition) is 2. The normalized spacial score (nSPS) is 10.8. The highest BCUT2D eigenvalue weighted by Gasteiger charge is 2.14. The molecule has 0 aliphatic carbocycles. The number of hydrogen-bond donors (Lipinski definition) is 2. The Labute approximate surface area is 115 Å². The van der Waals surface area contributed by atoms with E-state index in [4.69, 9.17) is 17.3 Å². The summed E-state index contributed by atoms with van der Waals surface area (Å²) in [5.74, 6) is 0. The van der Waals surface area contributed by atoms with E-state index in [0.717, 1.165) is 5.56 Å². The van der Waals surface area contributed by atoms with Crippen molar-refractivity contribution in [1.82, 2.24) is 0 Å². The highest BCUT2D eigenvalue weighted by atomic mass is 35.5. The summed E-state index contributed by atoms with van der Waals surface area (Å²) in [5.41, 5.74) is 7.54. The van der Waals surface area contributed by atoms with Crippen LogP contribution in [0.25, 0.3) is 0 Å². The van der Waals surface area contributed by atoms with Gasteiger partial charge in [-0.05, 0) is 42.8 Å². The van der Waals surface area contributed by atoms with Crippen LogP contribution in [0, 0.1) is 6.92 Å². The maximum Gasteiger partial charge on any atom is 0.265 e. The molecule has 0 aliphatic heterocycles. The fraction of sp³-hybridized carbons (Fsp3) is 0.143. The fourth-order valence-corrected chi connectivity index (χ4v) is 1.94. The van der Waals surface area contributed by atoms with Gasteiger partial charge in [-0.1, -0.05) is 17.7 Å². The van der Waals surface area contributed by atoms with Crippen LogP contribution in [0.1, 0.15) is 17.6 Å². The lowest BCUT2D eigenvalue weighted by Crippen LogP contribution is -2.00. The van der Waals surface area contributed by atoms with Crippen LogP contribution in [0.4, 0.5) is 25.8 Å². The van der Waals surface area contributed by atoms with Crippen molar-refractivity contribution >= 4 is 28.7 Å². The van der Waals surface area contributed by atoms with Crippen LogP contribution in [0.3, 0.4) is 0 Å². The van der Waals surface area contributed by atoms with E-state index in [9.17, 15) is 8.78 Å². The zero-order valence-corrected chi connectivity index (χ0v) is 11.0. The second-order valence-electron chi connectivity index (χ2n) is 4.18. The predicted octanol–water partition coefficient (Wildman–Crippen LogP) is 4.91. The average molecular weight is 283 g/mol. The molecule has 2 rings (SSSR count). The number of alkyl halides is 2. The third-order valence-corrected chi connectivity index (χ3v) is 3.26. The molecule has 3 N–H and O–H groups in total. The first-order chi connectivity index (χ1) is 8.99. The molecule has 0 saturated heterocycles. The van der Waals surface area contributed by atoms with Gasteiger partial charge in [-0.3, -0.25) is 0 Å². The predicted molar refractivity (Wildman–Crippen MR) is 75.3 cm³/mol. The molecule has 0 saturated carbocycles. The van der Waals surface area contributed by atoms with E-state index < -0.39 is 6.43 Å². The van der Waals surface area contributed by atoms with Crippen molar-refractivity contribution < 1.29 is 8.78 Å². The third kappa shape index (κ3) is 2.96. The van der Waals surface area contributed by atoms with Gasteiger partial charge in [0.15, 0.2) is 0 Å². The second kappa shape index (κ2) is 5.45. The first kappa shape index (κ1) is 13.6. The summed E-state index contributed by atoms with van der Waals surface area (Å²) in [6.07, 6.45) is -2.59. The smallest absolute Gasteiger partial charge is 0.265 e. The number of nitrogen functional groups attached to an aromatic ring is 1. The van der Waals surface area contributed by atoms with E-state index in [0.29, 0.717) is 22.1 Å². The summed E-state index contributed by atoms with van der Waals surface area (Å²) in [7, 11) is 0. The van der Waals surface area contributed by atoms with Gasteiger partial charge in [0.05, 0.1) is 0 Å². The largest absolute Gasteiger partial charge is 0.399 e. The van der Waals surface area contributed by atoms with Crippen molar-refractivity contribution in [3.05, 3.63) is 52.5 Å². The number of rotatable bonds is 3. The monoisotopic (exact) mass is 282 g/mol. The van der Waals surface area contributed by atoms with Crippen LogP contribution in [-0.2, 0) is 0 Å². The van der Waals surface area contributed by atoms with E-state index in [1.54, 1.807) is 24.3 Å². The van der Waals surface area contributed by atoms with Crippen molar-refractivity contribution in [3.63, 3.8) is 0 Å². The van der Waals surface area contributed by atoms with Gasteiger partial charge >= 0.3 is 0 Å². The summed E-state index contributed by atoms with van der Waals surface area (Å²) in [4.78, 5) is 0. The number of anilines is 3. The van der Waals surface area contributed by atoms with Gasteiger partial charge in [0.2, 0.25) is 0 Å². The number of halogens is 3. The molecule has 2 aromatic carbocycles. The zero-order valence-electron chi connectivity index (χ0n) is 10.3. The first-order valence-corrected chi connectivity index (χ1v) is 6.06. The van der Waals surface area contributed by atoms with Crippen molar-refractivity contribution in [2.24, 2.45) is 0 Å². The molecule has 0 spiro atoms. The van der Waals surface area contributed by atoms with E-state index in [-0.39, 0.29) is 5.56 Å². The molecule has 0 amide bonds. The minimum Gasteiger partial charge on any atom is -0.399 e. The molecule has 0 radical (unpaired) electrons. The van der Waals surface area contributed by atoms with Crippen LogP contribution in [0.15, 0.2) is 36.4 Å². The molecule has 0 fully saturated rings. The number of benzene rings is 2. The third-order valence-electron chi connectivity index (χ3n) is 2.85. The molecular formula is C14H13ClF2N2. The molecule has 0 bridgehead atoms. The molecule has 100 valence electrons. The summed E-state index contributed by atoms with van der Waals surface area (Å²) >= 11 is 6.00. The highest BCUT2D eigenvalue weighted by Crippen LogP contribution is 2.33. The molecule has 2 nitrogen and oxygen atoms in total. The van der Waals surface area contributed by atoms with Gasteiger partial charge in [0.1, 0.15) is 0 Å². The molecule has 0 aromatic heterocycles. The quantitative estimate of drug-likeness (QED) is 0.785. The van der Waals surface area contributed by atoms with Gasteiger partial charge in [-0.15, -0.1) is 0 Å². The van der Waals surface area contributed by atoms with Gasteiger partial charge in [0, 0.05) is 27.6 Å². The van der Waals surface area contributed by atoms with Crippen LogP contribution in [-0.4, -0.2) is 0 Å². The van der Waals surface area contributed by atoms with E-state index >= 15 is 0 Å². The van der Waals surface area contributed by atoms with Crippen LogP contribution >= 0.6 is 11.6 Å². The van der Waals surface area contributed by atoms with Gasteiger partial charge in [-0.25, -0.2) is 8.78 Å². The van der Waals surface area contributed by atoms with Crippen LogP contribution < -0.4 is 11.1 Å². The zero-order chi connectivity index (χ0) is 14.0. The first-order valence-electron chi connectivity index (χ1n) is 5.68. The Morgan fingerprint density at radius 2 is 1.89 bits per heavy atom. The Hall–Kier alpha value is -1.81. The van der Waals surface area contributed by atoms with E-state index in [1.165, 1.54) is 12.1 Å². The van der Waals surface area contributed by atoms with E-state index in [2.05, 4.69) is 5.32 Å². The van der Waals surface area contributed by atoms with Crippen molar-refractivity contribution in [2.75, 3.05) is 11.1 Å². The topological polar surface area (TPSA) is 38.0 Å². The fourth-order valence-electron chi connectivity index (χ4n) is 1.76. The minimum atomic E-state index is -2.59. The van der Waals surface area contributed by atoms with Crippen molar-refractivity contribution in [1.29, 1.82) is 0 Å². The molecule has 19 heavy (non-hydrogen) atoms. The Balaban J connectivity index is 2.41. The molecule has 0 atom stereocenters. The summed E-state index contributed by atoms with van der Waals surface area (Å²) in [6.45, 7) is 1.82. The SMILES string of the molecule is Cc1c(Cl)cccc1Nc1ccc(N)cc1C(F)F. The molecule has 2 aromatic rings. The average Bonchev–Trinajstić information content (AvgIpc) is 2.36. The summed E-state index contributed by atoms with van der Waals surface area (Å²) < 4.78 is 25.9. The molecule has 0 heterocycles. The second-order valence-corrected chi connectivity index (χ2v) is 4.59. The van der Waals surface area contributed by atoms with Gasteiger partial charge < -0.3 is 11.1 Å². The maximum atomic E-state index is 13.0.